The van der Waals surface area contributed by atoms with Crippen LogP contribution in [0, 0.1) is 0 Å². The Hall–Kier alpha value is -13.0. The largest absolute Gasteiger partial charge is 0.236 e. The molecule has 0 amide bonds. The van der Waals surface area contributed by atoms with Crippen molar-refractivity contribution in [2.75, 3.05) is 0 Å². The number of hydrogen-bond acceptors (Lipinski definition) is 8. The van der Waals surface area contributed by atoms with Crippen LogP contribution in [0.3, 0.4) is 0 Å². The summed E-state index contributed by atoms with van der Waals surface area (Å²) < 4.78 is 0. The number of nitrogens with zero attached hydrogens (tertiary/aromatic N) is 8. The lowest BCUT2D eigenvalue weighted by Crippen LogP contribution is -2.31. The van der Waals surface area contributed by atoms with E-state index in [1.165, 1.54) is 22.3 Å². The van der Waals surface area contributed by atoms with Crippen molar-refractivity contribution in [3.8, 4) is 135 Å². The van der Waals surface area contributed by atoms with Gasteiger partial charge in [0.05, 0.1) is 5.41 Å². The molecule has 456 valence electrons. The van der Waals surface area contributed by atoms with Crippen LogP contribution in [0.2, 0.25) is 0 Å². The van der Waals surface area contributed by atoms with Crippen LogP contribution in [0.1, 0.15) is 22.3 Å². The maximum absolute atomic E-state index is 4.95. The minimum absolute atomic E-state index is 0.625. The van der Waals surface area contributed by atoms with E-state index in [-0.39, 0.29) is 0 Å². The normalized spacial score (nSPS) is 11.3. The van der Waals surface area contributed by atoms with Gasteiger partial charge in [-0.2, -0.15) is 0 Å². The van der Waals surface area contributed by atoms with Gasteiger partial charge in [0.1, 0.15) is 0 Å². The van der Waals surface area contributed by atoms with Crippen molar-refractivity contribution in [3.63, 3.8) is 0 Å². The molecular weight excluding hydrogens is 1180 g/mol. The zero-order valence-corrected chi connectivity index (χ0v) is 52.7. The molecule has 0 spiro atoms. The van der Waals surface area contributed by atoms with Crippen molar-refractivity contribution in [2.24, 2.45) is 0 Å². The number of hydrogen-bond donors (Lipinski definition) is 0. The van der Waals surface area contributed by atoms with Gasteiger partial charge in [-0.05, 0) is 89.0 Å². The Bertz CT molecular complexity index is 4600. The fourth-order valence-corrected chi connectivity index (χ4v) is 12.9. The summed E-state index contributed by atoms with van der Waals surface area (Å²) in [4.78, 5) is 39.6. The summed E-state index contributed by atoms with van der Waals surface area (Å²) in [6, 6.07) is 111. The maximum atomic E-state index is 4.95. The van der Waals surface area contributed by atoms with Crippen molar-refractivity contribution >= 4 is 0 Å². The average Bonchev–Trinajstić information content (AvgIpc) is 0.731. The first-order valence-corrected chi connectivity index (χ1v) is 32.4. The number of aromatic nitrogens is 8. The van der Waals surface area contributed by atoms with Crippen LogP contribution in [0.4, 0.5) is 0 Å². The van der Waals surface area contributed by atoms with E-state index in [0.717, 1.165) is 111 Å². The summed E-state index contributed by atoms with van der Waals surface area (Å²) in [5, 5.41) is 0. The van der Waals surface area contributed by atoms with Gasteiger partial charge in [-0.3, -0.25) is 0 Å². The van der Waals surface area contributed by atoms with E-state index in [4.69, 9.17) is 39.9 Å². The highest BCUT2D eigenvalue weighted by Crippen LogP contribution is 2.47. The highest BCUT2D eigenvalue weighted by atomic mass is 14.9. The number of benzene rings is 12. The Morgan fingerprint density at radius 1 is 0.124 bits per heavy atom. The Kier molecular flexibility index (Phi) is 16.1. The average molecular weight is 1240 g/mol. The molecule has 0 saturated carbocycles. The molecule has 0 unspecified atom stereocenters. The molecule has 4 heterocycles. The van der Waals surface area contributed by atoms with Gasteiger partial charge in [-0.15, -0.1) is 0 Å². The highest BCUT2D eigenvalue weighted by Gasteiger charge is 2.39. The lowest BCUT2D eigenvalue weighted by atomic mass is 9.64. The second-order valence-electron chi connectivity index (χ2n) is 24.0. The summed E-state index contributed by atoms with van der Waals surface area (Å²) in [5.41, 5.74) is 24.0. The fourth-order valence-electron chi connectivity index (χ4n) is 12.9. The molecule has 16 rings (SSSR count). The van der Waals surface area contributed by atoms with Gasteiger partial charge in [0.25, 0.3) is 0 Å². The van der Waals surface area contributed by atoms with Gasteiger partial charge >= 0.3 is 0 Å². The molecule has 0 atom stereocenters. The van der Waals surface area contributed by atoms with Gasteiger partial charge in [0.2, 0.25) is 0 Å². The molecule has 16 aromatic rings. The Balaban J connectivity index is 0.766. The predicted octanol–water partition coefficient (Wildman–Crippen LogP) is 21.2. The summed E-state index contributed by atoms with van der Waals surface area (Å²) >= 11 is 0. The summed E-state index contributed by atoms with van der Waals surface area (Å²) in [5.74, 6) is 2.50. The number of rotatable bonds is 16. The lowest BCUT2D eigenvalue weighted by molar-refractivity contribution is 0.745. The van der Waals surface area contributed by atoms with Gasteiger partial charge < -0.3 is 0 Å². The molecule has 97 heavy (non-hydrogen) atoms. The molecule has 12 aromatic carbocycles. The van der Waals surface area contributed by atoms with Crippen LogP contribution < -0.4 is 0 Å². The monoisotopic (exact) mass is 1240 g/mol. The van der Waals surface area contributed by atoms with E-state index in [9.17, 15) is 0 Å². The third-order valence-corrected chi connectivity index (χ3v) is 18.2. The molecule has 4 aromatic heterocycles. The van der Waals surface area contributed by atoms with Gasteiger partial charge in [0.15, 0.2) is 23.3 Å². The molecular formula is C89H60N8. The second kappa shape index (κ2) is 26.5. The van der Waals surface area contributed by atoms with Crippen LogP contribution in [-0.4, -0.2) is 39.9 Å². The molecule has 0 radical (unpaired) electrons. The quantitative estimate of drug-likeness (QED) is 0.0882. The third-order valence-electron chi connectivity index (χ3n) is 18.2. The Morgan fingerprint density at radius 3 is 0.423 bits per heavy atom. The van der Waals surface area contributed by atoms with E-state index >= 15 is 0 Å². The first kappa shape index (κ1) is 59.0. The zero-order valence-electron chi connectivity index (χ0n) is 52.7. The summed E-state index contributed by atoms with van der Waals surface area (Å²) in [6.45, 7) is 0. The fraction of sp³-hybridized carbons (Fsp3) is 0.0112. The van der Waals surface area contributed by atoms with Gasteiger partial charge in [0, 0.05) is 94.1 Å². The first-order valence-electron chi connectivity index (χ1n) is 32.4. The van der Waals surface area contributed by atoms with E-state index in [0.29, 0.717) is 23.3 Å². The second-order valence-corrected chi connectivity index (χ2v) is 24.0. The van der Waals surface area contributed by atoms with Crippen LogP contribution in [0.25, 0.3) is 135 Å². The van der Waals surface area contributed by atoms with Crippen molar-refractivity contribution in [1.82, 2.24) is 39.9 Å². The molecule has 8 heteroatoms. The van der Waals surface area contributed by atoms with Gasteiger partial charge in [-0.25, -0.2) is 39.9 Å². The Labute approximate surface area is 563 Å². The van der Waals surface area contributed by atoms with Crippen molar-refractivity contribution in [2.45, 2.75) is 5.41 Å². The van der Waals surface area contributed by atoms with Crippen molar-refractivity contribution in [1.29, 1.82) is 0 Å². The molecule has 0 N–H and O–H groups in total. The smallest absolute Gasteiger partial charge is 0.159 e. The Morgan fingerprint density at radius 2 is 0.258 bits per heavy atom. The summed E-state index contributed by atoms with van der Waals surface area (Å²) in [7, 11) is 0. The van der Waals surface area contributed by atoms with E-state index in [2.05, 4.69) is 291 Å². The van der Waals surface area contributed by atoms with Crippen molar-refractivity contribution < 1.29 is 0 Å². The SMILES string of the molecule is c1ccc(-c2ccc(-c3cnc(-c4ccc(C(c5ccc(-c6ncc(-c7ccc(-c8ccccc8)cc7)cn6)cc5)(c5ccc(-c6ncc(-c7ccc(-c8ccccc8)cc7)cn6)cc5)c5ccc(-c6ncc(-c7ccc(-c8ccccc8)cc7)cn6)cc5)cc4)nc3)cc2)cc1. The predicted molar refractivity (Wildman–Crippen MR) is 392 cm³/mol. The van der Waals surface area contributed by atoms with Crippen LogP contribution >= 0.6 is 0 Å². The molecule has 0 aliphatic carbocycles. The van der Waals surface area contributed by atoms with E-state index < -0.39 is 5.41 Å². The van der Waals surface area contributed by atoms with E-state index in [1.807, 2.05) is 73.8 Å². The maximum Gasteiger partial charge on any atom is 0.159 e. The minimum Gasteiger partial charge on any atom is -0.236 e. The van der Waals surface area contributed by atoms with Crippen LogP contribution in [-0.2, 0) is 5.41 Å². The van der Waals surface area contributed by atoms with Crippen LogP contribution in [0.15, 0.2) is 365 Å². The molecule has 0 saturated heterocycles. The first-order chi connectivity index (χ1) is 48.0. The topological polar surface area (TPSA) is 103 Å². The van der Waals surface area contributed by atoms with Gasteiger partial charge in [-0.1, -0.05) is 315 Å². The van der Waals surface area contributed by atoms with E-state index in [1.54, 1.807) is 0 Å². The minimum atomic E-state index is -0.908. The van der Waals surface area contributed by atoms with Crippen molar-refractivity contribution in [3.05, 3.63) is 387 Å². The van der Waals surface area contributed by atoms with Crippen LogP contribution in [0.5, 0.6) is 0 Å². The lowest BCUT2D eigenvalue weighted by Gasteiger charge is -2.37. The molecule has 0 bridgehead atoms. The molecule has 0 aliphatic rings. The molecule has 0 aliphatic heterocycles. The standard InChI is InChI=1S/C89H60N8/c1-5-13-61(14-6-1)65-21-29-69(30-22-65)77-53-90-85(91-54-77)73-37-45-81(46-38-73)89(82-47-39-74(40-48-82)86-92-55-78(56-93-86)70-31-23-66(24-32-70)62-15-7-2-8-16-62,83-49-41-75(42-50-83)87-94-57-79(58-95-87)71-33-25-67(26-34-71)63-17-9-3-10-18-63)84-51-43-76(44-52-84)88-96-59-80(60-97-88)72-35-27-68(28-36-72)64-19-11-4-12-20-64/h1-60H. The summed E-state index contributed by atoms with van der Waals surface area (Å²) in [6.07, 6.45) is 15.3. The molecule has 8 nitrogen and oxygen atoms in total. The third kappa shape index (κ3) is 12.2. The zero-order chi connectivity index (χ0) is 64.7. The molecule has 0 fully saturated rings. The highest BCUT2D eigenvalue weighted by molar-refractivity contribution is 5.76.